The number of hydrogen-bond donors (Lipinski definition) is 14. The van der Waals surface area contributed by atoms with Crippen LogP contribution in [-0.2, 0) is 62.3 Å². The van der Waals surface area contributed by atoms with Gasteiger partial charge in [0.25, 0.3) is 0 Å². The Morgan fingerprint density at radius 3 is 1.17 bits per heavy atom. The maximum atomic E-state index is 13.6. The first kappa shape index (κ1) is 57.1. The molecule has 9 amide bonds. The van der Waals surface area contributed by atoms with E-state index in [0.29, 0.717) is 0 Å². The number of carbonyl (C=O) groups excluding carboxylic acids is 9. The average Bonchev–Trinajstić information content (AvgIpc) is 3.15. The molecule has 0 unspecified atom stereocenters. The number of carbonyl (C=O) groups is 13. The molecule has 0 aromatic rings. The molecule has 0 saturated heterocycles. The number of amides is 9. The Balaban J connectivity index is 6.30. The number of aliphatic carboxylic acids is 4. The number of primary amides is 2. The maximum absolute atomic E-state index is 13.6. The summed E-state index contributed by atoms with van der Waals surface area (Å²) in [5.74, 6) is -16.6. The number of nitrogens with one attached hydrogen (secondary N) is 7. The number of hydrogen-bond acceptors (Lipinski definition) is 14. The van der Waals surface area contributed by atoms with Gasteiger partial charge in [-0.05, 0) is 44.4 Å². The molecule has 0 aromatic carbocycles. The molecule has 64 heavy (non-hydrogen) atoms. The van der Waals surface area contributed by atoms with E-state index in [0.717, 1.165) is 6.92 Å². The molecular formula is C37H60N10O17. The average molecular weight is 917 g/mol. The molecule has 360 valence electrons. The summed E-state index contributed by atoms with van der Waals surface area (Å²) in [6.45, 7) is 7.71. The van der Waals surface area contributed by atoms with Gasteiger partial charge in [0.15, 0.2) is 0 Å². The lowest BCUT2D eigenvalue weighted by Crippen LogP contribution is -2.60. The van der Waals surface area contributed by atoms with Crippen LogP contribution in [0.15, 0.2) is 0 Å². The van der Waals surface area contributed by atoms with E-state index >= 15 is 0 Å². The second kappa shape index (κ2) is 27.9. The van der Waals surface area contributed by atoms with Crippen LogP contribution in [0, 0.1) is 11.8 Å². The molecule has 0 saturated carbocycles. The van der Waals surface area contributed by atoms with Crippen LogP contribution in [0.4, 0.5) is 0 Å². The zero-order valence-corrected chi connectivity index (χ0v) is 36.0. The van der Waals surface area contributed by atoms with Gasteiger partial charge in [0.1, 0.15) is 42.3 Å². The second-order valence-corrected chi connectivity index (χ2v) is 15.6. The highest BCUT2D eigenvalue weighted by Crippen LogP contribution is 2.10. The quantitative estimate of drug-likeness (QED) is 0.0309. The molecule has 0 aliphatic rings. The van der Waals surface area contributed by atoms with Crippen LogP contribution < -0.4 is 54.4 Å². The van der Waals surface area contributed by atoms with Gasteiger partial charge in [-0.15, -0.1) is 0 Å². The van der Waals surface area contributed by atoms with Crippen molar-refractivity contribution in [1.82, 2.24) is 37.2 Å². The molecule has 0 bridgehead atoms. The van der Waals surface area contributed by atoms with Crippen molar-refractivity contribution in [2.75, 3.05) is 0 Å². The summed E-state index contributed by atoms with van der Waals surface area (Å²) >= 11 is 0. The Labute approximate surface area is 366 Å². The molecular weight excluding hydrogens is 856 g/mol. The fourth-order valence-corrected chi connectivity index (χ4v) is 5.59. The predicted octanol–water partition coefficient (Wildman–Crippen LogP) is -5.14. The van der Waals surface area contributed by atoms with Crippen molar-refractivity contribution < 1.29 is 82.8 Å². The second-order valence-electron chi connectivity index (χ2n) is 15.6. The molecule has 0 aliphatic heterocycles. The monoisotopic (exact) mass is 916 g/mol. The summed E-state index contributed by atoms with van der Waals surface area (Å²) in [5, 5.41) is 52.5. The lowest BCUT2D eigenvalue weighted by molar-refractivity contribution is -0.144. The summed E-state index contributed by atoms with van der Waals surface area (Å²) in [5.41, 5.74) is 16.1. The molecule has 0 rings (SSSR count). The number of carboxylic acids is 4. The van der Waals surface area contributed by atoms with E-state index in [2.05, 4.69) is 37.2 Å². The Hall–Kier alpha value is -6.93. The molecule has 0 aliphatic carbocycles. The van der Waals surface area contributed by atoms with E-state index in [1.165, 1.54) is 0 Å². The minimum atomic E-state index is -2.00. The van der Waals surface area contributed by atoms with E-state index in [9.17, 15) is 77.6 Å². The molecule has 0 aromatic heterocycles. The molecule has 0 fully saturated rings. The molecule has 8 atom stereocenters. The molecule has 0 radical (unpaired) electrons. The van der Waals surface area contributed by atoms with Crippen LogP contribution in [0.25, 0.3) is 0 Å². The Kier molecular flexibility index (Phi) is 24.9. The highest BCUT2D eigenvalue weighted by molar-refractivity contribution is 5.99. The molecule has 17 N–H and O–H groups in total. The first-order valence-electron chi connectivity index (χ1n) is 19.9. The zero-order chi connectivity index (χ0) is 49.6. The van der Waals surface area contributed by atoms with E-state index in [4.69, 9.17) is 22.3 Å². The Morgan fingerprint density at radius 1 is 0.406 bits per heavy atom. The Morgan fingerprint density at radius 2 is 0.750 bits per heavy atom. The van der Waals surface area contributed by atoms with Crippen LogP contribution in [0.2, 0.25) is 0 Å². The van der Waals surface area contributed by atoms with Crippen molar-refractivity contribution in [2.45, 2.75) is 141 Å². The highest BCUT2D eigenvalue weighted by atomic mass is 16.4. The lowest BCUT2D eigenvalue weighted by atomic mass is 10.0. The minimum Gasteiger partial charge on any atom is -0.481 e. The fraction of sp³-hybridized carbons (Fsp3) is 0.649. The summed E-state index contributed by atoms with van der Waals surface area (Å²) in [6.07, 6.45) is -5.05. The largest absolute Gasteiger partial charge is 0.481 e. The normalized spacial score (nSPS) is 14.7. The van der Waals surface area contributed by atoms with Crippen LogP contribution >= 0.6 is 0 Å². The lowest BCUT2D eigenvalue weighted by Gasteiger charge is -2.27. The van der Waals surface area contributed by atoms with Gasteiger partial charge < -0.3 is 74.8 Å². The molecule has 0 heterocycles. The van der Waals surface area contributed by atoms with Crippen molar-refractivity contribution in [3.63, 3.8) is 0 Å². The van der Waals surface area contributed by atoms with Gasteiger partial charge in [0, 0.05) is 12.8 Å². The Bertz CT molecular complexity index is 1760. The van der Waals surface area contributed by atoms with E-state index in [1.54, 1.807) is 27.7 Å². The maximum Gasteiger partial charge on any atom is 0.326 e. The third-order valence-electron chi connectivity index (χ3n) is 8.79. The SMILES string of the molecule is CC(C)C[C@H](NC(=O)[C@H](C)NC(=O)[C@H](CC(N)=O)NC(=O)[C@H](CC(=O)O)NC(=O)[C@H](CC(C)C)NC(=O)[C@H](CCC(=O)O)NC(=O)[C@@H](N)CCC(=O)O)C(=O)N[C@@H](CC(N)=O)C(=O)O. The molecule has 27 nitrogen and oxygen atoms in total. The standard InChI is InChI=1S/C37H60N10O17/c1-15(2)10-20(35(61)47-24(37(63)64)13-26(40)49)43-30(56)17(5)41-33(59)22(12-25(39)48)45-36(62)23(14-29(54)55)46-34(60)21(11-16(3)4)44-32(58)19(7-9-28(52)53)42-31(57)18(38)6-8-27(50)51/h15-24H,6-14,38H2,1-5H3,(H2,39,48)(H2,40,49)(H,41,59)(H,42,57)(H,43,56)(H,44,58)(H,45,62)(H,46,60)(H,47,61)(H,50,51)(H,52,53)(H,54,55)(H,63,64)/t17-,18-,19-,20-,21-,22-,23-,24-/m0/s1. The van der Waals surface area contributed by atoms with Crippen molar-refractivity contribution >= 4 is 77.0 Å². The third-order valence-corrected chi connectivity index (χ3v) is 8.79. The fourth-order valence-electron chi connectivity index (χ4n) is 5.59. The number of nitrogens with two attached hydrogens (primary N) is 3. The summed E-state index contributed by atoms with van der Waals surface area (Å²) < 4.78 is 0. The summed E-state index contributed by atoms with van der Waals surface area (Å²) in [4.78, 5) is 161. The van der Waals surface area contributed by atoms with Crippen molar-refractivity contribution in [3.05, 3.63) is 0 Å². The molecule has 27 heteroatoms. The number of rotatable bonds is 31. The van der Waals surface area contributed by atoms with Gasteiger partial charge in [-0.2, -0.15) is 0 Å². The highest BCUT2D eigenvalue weighted by Gasteiger charge is 2.35. The number of carboxylic acid groups (broad SMARTS) is 4. The van der Waals surface area contributed by atoms with Crippen molar-refractivity contribution in [2.24, 2.45) is 29.0 Å². The third kappa shape index (κ3) is 23.3. The molecule has 0 spiro atoms. The topological polar surface area (TPSA) is 465 Å². The first-order chi connectivity index (χ1) is 29.5. The van der Waals surface area contributed by atoms with Crippen LogP contribution in [0.1, 0.15) is 92.4 Å². The summed E-state index contributed by atoms with van der Waals surface area (Å²) in [6, 6.07) is -13.2. The van der Waals surface area contributed by atoms with Gasteiger partial charge in [0.2, 0.25) is 53.2 Å². The summed E-state index contributed by atoms with van der Waals surface area (Å²) in [7, 11) is 0. The van der Waals surface area contributed by atoms with E-state index < -0.39 is 164 Å². The van der Waals surface area contributed by atoms with Crippen LogP contribution in [-0.4, -0.2) is 146 Å². The van der Waals surface area contributed by atoms with Gasteiger partial charge in [-0.1, -0.05) is 27.7 Å². The van der Waals surface area contributed by atoms with Gasteiger partial charge >= 0.3 is 23.9 Å². The van der Waals surface area contributed by atoms with Gasteiger partial charge in [0.05, 0.1) is 25.3 Å². The zero-order valence-electron chi connectivity index (χ0n) is 36.0. The van der Waals surface area contributed by atoms with Crippen molar-refractivity contribution in [1.29, 1.82) is 0 Å². The van der Waals surface area contributed by atoms with Crippen LogP contribution in [0.3, 0.4) is 0 Å². The van der Waals surface area contributed by atoms with Crippen molar-refractivity contribution in [3.8, 4) is 0 Å². The predicted molar refractivity (Wildman–Crippen MR) is 217 cm³/mol. The van der Waals surface area contributed by atoms with E-state index in [1.807, 2.05) is 0 Å². The van der Waals surface area contributed by atoms with Gasteiger partial charge in [-0.3, -0.25) is 57.5 Å². The van der Waals surface area contributed by atoms with E-state index in [-0.39, 0.29) is 31.1 Å². The van der Waals surface area contributed by atoms with Gasteiger partial charge in [-0.25, -0.2) is 4.79 Å². The minimum absolute atomic E-state index is 0.0490. The first-order valence-corrected chi connectivity index (χ1v) is 19.9. The van der Waals surface area contributed by atoms with Crippen LogP contribution in [0.5, 0.6) is 0 Å². The smallest absolute Gasteiger partial charge is 0.326 e.